The van der Waals surface area contributed by atoms with Gasteiger partial charge in [-0.25, -0.2) is 0 Å². The third kappa shape index (κ3) is 2.24. The Kier molecular flexibility index (Phi) is 2.84. The molecule has 1 aromatic heterocycles. The molecule has 1 saturated heterocycles. The van der Waals surface area contributed by atoms with Gasteiger partial charge in [0.2, 0.25) is 5.91 Å². The third-order valence-corrected chi connectivity index (χ3v) is 5.06. The van der Waals surface area contributed by atoms with E-state index in [4.69, 9.17) is 15.2 Å². The molecular formula is C16H20N2O3. The van der Waals surface area contributed by atoms with Gasteiger partial charge in [-0.2, -0.15) is 0 Å². The summed E-state index contributed by atoms with van der Waals surface area (Å²) in [4.78, 5) is 16.0. The molecule has 5 heteroatoms. The number of amides is 1. The van der Waals surface area contributed by atoms with Crippen LogP contribution in [-0.4, -0.2) is 23.3 Å². The van der Waals surface area contributed by atoms with Gasteiger partial charge in [0.05, 0.1) is 18.7 Å². The lowest BCUT2D eigenvalue weighted by molar-refractivity contribution is -0.334. The summed E-state index contributed by atoms with van der Waals surface area (Å²) in [6.07, 6.45) is 5.67. The highest BCUT2D eigenvalue weighted by Gasteiger charge is 2.60. The Bertz CT molecular complexity index is 552. The summed E-state index contributed by atoms with van der Waals surface area (Å²) < 4.78 is 12.4. The number of rotatable bonds is 3. The van der Waals surface area contributed by atoms with E-state index in [1.165, 1.54) is 6.42 Å². The van der Waals surface area contributed by atoms with Crippen molar-refractivity contribution in [3.05, 3.63) is 30.1 Å². The summed E-state index contributed by atoms with van der Waals surface area (Å²) in [5.74, 6) is 0.579. The average Bonchev–Trinajstić information content (AvgIpc) is 3.07. The molecule has 21 heavy (non-hydrogen) atoms. The molecule has 1 amide bonds. The summed E-state index contributed by atoms with van der Waals surface area (Å²) >= 11 is 0. The first-order valence-electron chi connectivity index (χ1n) is 7.65. The summed E-state index contributed by atoms with van der Waals surface area (Å²) in [5, 5.41) is 0. The molecule has 1 spiro atoms. The predicted molar refractivity (Wildman–Crippen MR) is 74.9 cm³/mol. The quantitative estimate of drug-likeness (QED) is 0.919. The highest BCUT2D eigenvalue weighted by Crippen LogP contribution is 2.60. The van der Waals surface area contributed by atoms with Gasteiger partial charge in [-0.15, -0.1) is 0 Å². The van der Waals surface area contributed by atoms with E-state index in [2.05, 4.69) is 4.98 Å². The Balaban J connectivity index is 1.67. The number of primary amides is 1. The minimum absolute atomic E-state index is 0.157. The fraction of sp³-hybridized carbons (Fsp3) is 0.625. The molecule has 2 aliphatic carbocycles. The zero-order valence-corrected chi connectivity index (χ0v) is 12.0. The van der Waals surface area contributed by atoms with E-state index in [1.807, 2.05) is 18.2 Å². The number of pyridine rings is 1. The van der Waals surface area contributed by atoms with E-state index in [0.717, 1.165) is 30.4 Å². The summed E-state index contributed by atoms with van der Waals surface area (Å²) in [5.41, 5.74) is 5.53. The van der Waals surface area contributed by atoms with Crippen molar-refractivity contribution in [1.82, 2.24) is 4.98 Å². The van der Waals surface area contributed by atoms with E-state index >= 15 is 0 Å². The number of ether oxygens (including phenoxy) is 2. The molecule has 3 fully saturated rings. The number of nitrogens with two attached hydrogens (primary N) is 1. The smallest absolute Gasteiger partial charge is 0.220 e. The van der Waals surface area contributed by atoms with E-state index in [0.29, 0.717) is 13.0 Å². The predicted octanol–water partition coefficient (Wildman–Crippen LogP) is 1.72. The molecule has 2 heterocycles. The number of nitrogens with zero attached hydrogens (tertiary/aromatic N) is 1. The standard InChI is InChI=1S/C16H20N2O3/c17-14(19)10-15(13-3-1-2-5-18-13)4-6-20-16(21-15)8-11-7-12(11)9-16/h1-3,5,11-12H,4,6-10H2,(H2,17,19). The molecular weight excluding hydrogens is 268 g/mol. The van der Waals surface area contributed by atoms with Crippen LogP contribution in [0.5, 0.6) is 0 Å². The van der Waals surface area contributed by atoms with Crippen LogP contribution in [0.15, 0.2) is 24.4 Å². The second-order valence-electron chi connectivity index (χ2n) is 6.63. The van der Waals surface area contributed by atoms with Gasteiger partial charge in [0.1, 0.15) is 5.60 Å². The SMILES string of the molecule is NC(=O)CC1(c2ccccn2)CCOC2(CC3CC3C2)O1. The molecule has 1 aliphatic heterocycles. The minimum atomic E-state index is -0.734. The first-order chi connectivity index (χ1) is 10.1. The van der Waals surface area contributed by atoms with Crippen LogP contribution >= 0.6 is 0 Å². The molecule has 2 saturated carbocycles. The second kappa shape index (κ2) is 4.52. The lowest BCUT2D eigenvalue weighted by Crippen LogP contribution is -2.51. The van der Waals surface area contributed by atoms with Crippen LogP contribution < -0.4 is 5.73 Å². The van der Waals surface area contributed by atoms with Gasteiger partial charge in [0.15, 0.2) is 5.79 Å². The van der Waals surface area contributed by atoms with Gasteiger partial charge in [-0.3, -0.25) is 9.78 Å². The van der Waals surface area contributed by atoms with Gasteiger partial charge < -0.3 is 15.2 Å². The van der Waals surface area contributed by atoms with E-state index in [-0.39, 0.29) is 12.3 Å². The molecule has 3 atom stereocenters. The molecule has 3 aliphatic rings. The molecule has 1 aromatic rings. The number of hydrogen-bond donors (Lipinski definition) is 1. The van der Waals surface area contributed by atoms with Gasteiger partial charge in [-0.1, -0.05) is 6.07 Å². The highest BCUT2D eigenvalue weighted by atomic mass is 16.7. The van der Waals surface area contributed by atoms with Crippen LogP contribution in [0, 0.1) is 11.8 Å². The van der Waals surface area contributed by atoms with Crippen LogP contribution in [0.4, 0.5) is 0 Å². The van der Waals surface area contributed by atoms with Crippen LogP contribution in [0.3, 0.4) is 0 Å². The normalized spacial score (nSPS) is 41.0. The molecule has 0 bridgehead atoms. The monoisotopic (exact) mass is 288 g/mol. The van der Waals surface area contributed by atoms with Crippen molar-refractivity contribution in [3.8, 4) is 0 Å². The molecule has 2 N–H and O–H groups in total. The Labute approximate surface area is 123 Å². The first kappa shape index (κ1) is 13.2. The first-order valence-corrected chi connectivity index (χ1v) is 7.65. The molecule has 4 rings (SSSR count). The average molecular weight is 288 g/mol. The zero-order valence-electron chi connectivity index (χ0n) is 12.0. The number of hydrogen-bond acceptors (Lipinski definition) is 4. The minimum Gasteiger partial charge on any atom is -0.370 e. The van der Waals surface area contributed by atoms with Crippen LogP contribution in [-0.2, 0) is 19.9 Å². The summed E-state index contributed by atoms with van der Waals surface area (Å²) in [6.45, 7) is 0.587. The summed E-state index contributed by atoms with van der Waals surface area (Å²) in [6, 6.07) is 5.70. The van der Waals surface area contributed by atoms with Crippen molar-refractivity contribution >= 4 is 5.91 Å². The fourth-order valence-electron chi connectivity index (χ4n) is 4.04. The van der Waals surface area contributed by atoms with Crippen molar-refractivity contribution < 1.29 is 14.3 Å². The topological polar surface area (TPSA) is 74.4 Å². The number of carbonyl (C=O) groups excluding carboxylic acids is 1. The Morgan fingerprint density at radius 2 is 2.19 bits per heavy atom. The maximum atomic E-state index is 11.6. The number of aromatic nitrogens is 1. The van der Waals surface area contributed by atoms with E-state index in [9.17, 15) is 4.79 Å². The zero-order chi connectivity index (χ0) is 14.5. The van der Waals surface area contributed by atoms with Crippen molar-refractivity contribution in [2.45, 2.75) is 43.5 Å². The Morgan fingerprint density at radius 3 is 2.86 bits per heavy atom. The molecule has 0 radical (unpaired) electrons. The van der Waals surface area contributed by atoms with Gasteiger partial charge in [-0.05, 0) is 30.4 Å². The maximum Gasteiger partial charge on any atom is 0.220 e. The number of carbonyl (C=O) groups is 1. The van der Waals surface area contributed by atoms with Crippen LogP contribution in [0.1, 0.15) is 37.8 Å². The second-order valence-corrected chi connectivity index (χ2v) is 6.63. The molecule has 112 valence electrons. The largest absolute Gasteiger partial charge is 0.370 e. The number of fused-ring (bicyclic) bond motifs is 1. The van der Waals surface area contributed by atoms with Gasteiger partial charge in [0, 0.05) is 25.5 Å². The molecule has 3 unspecified atom stereocenters. The molecule has 0 aromatic carbocycles. The van der Waals surface area contributed by atoms with E-state index in [1.54, 1.807) is 6.20 Å². The Hall–Kier alpha value is -1.46. The van der Waals surface area contributed by atoms with Crippen molar-refractivity contribution in [3.63, 3.8) is 0 Å². The molecule has 5 nitrogen and oxygen atoms in total. The van der Waals surface area contributed by atoms with Crippen LogP contribution in [0.25, 0.3) is 0 Å². The third-order valence-electron chi connectivity index (χ3n) is 5.06. The maximum absolute atomic E-state index is 11.6. The van der Waals surface area contributed by atoms with Crippen molar-refractivity contribution in [1.29, 1.82) is 0 Å². The van der Waals surface area contributed by atoms with Crippen molar-refractivity contribution in [2.75, 3.05) is 6.61 Å². The van der Waals surface area contributed by atoms with Crippen molar-refractivity contribution in [2.24, 2.45) is 17.6 Å². The van der Waals surface area contributed by atoms with Gasteiger partial charge in [0.25, 0.3) is 0 Å². The highest BCUT2D eigenvalue weighted by molar-refractivity contribution is 5.75. The Morgan fingerprint density at radius 1 is 1.38 bits per heavy atom. The fourth-order valence-corrected chi connectivity index (χ4v) is 4.04. The van der Waals surface area contributed by atoms with E-state index < -0.39 is 11.4 Å². The van der Waals surface area contributed by atoms with Crippen LogP contribution in [0.2, 0.25) is 0 Å². The lowest BCUT2D eigenvalue weighted by atomic mass is 9.88. The lowest BCUT2D eigenvalue weighted by Gasteiger charge is -2.46. The summed E-state index contributed by atoms with van der Waals surface area (Å²) in [7, 11) is 0. The van der Waals surface area contributed by atoms with Gasteiger partial charge >= 0.3 is 0 Å².